The molecule has 2 aliphatic heterocycles. The van der Waals surface area contributed by atoms with Gasteiger partial charge in [0.1, 0.15) is 5.69 Å². The number of hydrogen-bond acceptors (Lipinski definition) is 2. The summed E-state index contributed by atoms with van der Waals surface area (Å²) in [4.78, 5) is 20.6. The first-order valence-electron chi connectivity index (χ1n) is 9.05. The summed E-state index contributed by atoms with van der Waals surface area (Å²) >= 11 is 0. The number of aromatic nitrogens is 1. The zero-order valence-corrected chi connectivity index (χ0v) is 14.0. The summed E-state index contributed by atoms with van der Waals surface area (Å²) in [7, 11) is 0. The Labute approximate surface area is 143 Å². The van der Waals surface area contributed by atoms with Crippen LogP contribution >= 0.6 is 0 Å². The molecule has 2 fully saturated rings. The number of aromatic amines is 1. The highest BCUT2D eigenvalue weighted by molar-refractivity contribution is 5.92. The van der Waals surface area contributed by atoms with Crippen molar-refractivity contribution in [3.05, 3.63) is 59.9 Å². The molecular formula is C20H25N3O. The van der Waals surface area contributed by atoms with Gasteiger partial charge in [-0.3, -0.25) is 9.69 Å². The first kappa shape index (κ1) is 15.5. The number of likely N-dealkylation sites (tertiary alicyclic amines) is 2. The van der Waals surface area contributed by atoms with Gasteiger partial charge in [0.2, 0.25) is 0 Å². The molecule has 0 aliphatic carbocycles. The highest BCUT2D eigenvalue weighted by Gasteiger charge is 2.39. The maximum Gasteiger partial charge on any atom is 0.270 e. The van der Waals surface area contributed by atoms with E-state index in [4.69, 9.17) is 0 Å². The van der Waals surface area contributed by atoms with Gasteiger partial charge in [0.25, 0.3) is 5.91 Å². The lowest BCUT2D eigenvalue weighted by Gasteiger charge is -2.35. The number of carbonyl (C=O) groups excluding carboxylic acids is 1. The monoisotopic (exact) mass is 323 g/mol. The predicted octanol–water partition coefficient (Wildman–Crippen LogP) is 3.28. The third kappa shape index (κ3) is 2.98. The molecule has 2 unspecified atom stereocenters. The molecule has 1 amide bonds. The molecule has 2 aromatic rings. The molecule has 2 saturated heterocycles. The summed E-state index contributed by atoms with van der Waals surface area (Å²) in [5.41, 5.74) is 2.08. The van der Waals surface area contributed by atoms with Crippen molar-refractivity contribution in [2.75, 3.05) is 13.1 Å². The maximum atomic E-state index is 12.8. The van der Waals surface area contributed by atoms with Gasteiger partial charge in [0.05, 0.1) is 0 Å². The molecule has 4 nitrogen and oxygen atoms in total. The Morgan fingerprint density at radius 3 is 2.58 bits per heavy atom. The number of H-pyrrole nitrogens is 1. The Bertz CT molecular complexity index is 667. The number of nitrogens with one attached hydrogen (secondary N) is 1. The molecule has 2 atom stereocenters. The predicted molar refractivity (Wildman–Crippen MR) is 94.7 cm³/mol. The number of hydrogen-bond donors (Lipinski definition) is 1. The second-order valence-electron chi connectivity index (χ2n) is 6.96. The zero-order chi connectivity index (χ0) is 16.4. The van der Waals surface area contributed by atoms with E-state index < -0.39 is 0 Å². The van der Waals surface area contributed by atoms with Crippen LogP contribution in [-0.4, -0.2) is 45.9 Å². The van der Waals surface area contributed by atoms with Gasteiger partial charge in [-0.2, -0.15) is 0 Å². The SMILES string of the molecule is O=C(c1ccc[nH]1)N1CCCC1C1CCCN1Cc1ccccc1. The molecular weight excluding hydrogens is 298 g/mol. The largest absolute Gasteiger partial charge is 0.357 e. The van der Waals surface area contributed by atoms with E-state index >= 15 is 0 Å². The Morgan fingerprint density at radius 1 is 1.00 bits per heavy atom. The zero-order valence-electron chi connectivity index (χ0n) is 14.0. The Hall–Kier alpha value is -2.07. The molecule has 3 heterocycles. The average molecular weight is 323 g/mol. The second-order valence-corrected chi connectivity index (χ2v) is 6.96. The van der Waals surface area contributed by atoms with Gasteiger partial charge in [-0.25, -0.2) is 0 Å². The van der Waals surface area contributed by atoms with Crippen LogP contribution < -0.4 is 0 Å². The van der Waals surface area contributed by atoms with E-state index in [1.807, 2.05) is 18.3 Å². The number of nitrogens with zero attached hydrogens (tertiary/aromatic N) is 2. The number of rotatable bonds is 4. The molecule has 126 valence electrons. The summed E-state index contributed by atoms with van der Waals surface area (Å²) in [6.45, 7) is 3.02. The molecule has 1 aromatic carbocycles. The minimum Gasteiger partial charge on any atom is -0.357 e. The van der Waals surface area contributed by atoms with Crippen LogP contribution in [0.25, 0.3) is 0 Å². The van der Waals surface area contributed by atoms with Gasteiger partial charge in [-0.15, -0.1) is 0 Å². The lowest BCUT2D eigenvalue weighted by atomic mass is 10.0. The van der Waals surface area contributed by atoms with Crippen LogP contribution in [0.5, 0.6) is 0 Å². The Morgan fingerprint density at radius 2 is 1.79 bits per heavy atom. The Kier molecular flexibility index (Phi) is 4.39. The van der Waals surface area contributed by atoms with Gasteiger partial charge >= 0.3 is 0 Å². The molecule has 1 N–H and O–H groups in total. The highest BCUT2D eigenvalue weighted by Crippen LogP contribution is 2.31. The fourth-order valence-corrected chi connectivity index (χ4v) is 4.36. The summed E-state index contributed by atoms with van der Waals surface area (Å²) in [6, 6.07) is 15.3. The molecule has 0 saturated carbocycles. The van der Waals surface area contributed by atoms with E-state index in [0.29, 0.717) is 12.1 Å². The summed E-state index contributed by atoms with van der Waals surface area (Å²) in [5, 5.41) is 0. The van der Waals surface area contributed by atoms with E-state index in [1.165, 1.54) is 18.4 Å². The first-order valence-corrected chi connectivity index (χ1v) is 9.05. The lowest BCUT2D eigenvalue weighted by molar-refractivity contribution is 0.0634. The highest BCUT2D eigenvalue weighted by atomic mass is 16.2. The van der Waals surface area contributed by atoms with E-state index in [2.05, 4.69) is 45.1 Å². The minimum atomic E-state index is 0.161. The van der Waals surface area contributed by atoms with Crippen LogP contribution in [0, 0.1) is 0 Å². The fraction of sp³-hybridized carbons (Fsp3) is 0.450. The number of carbonyl (C=O) groups is 1. The second kappa shape index (κ2) is 6.81. The quantitative estimate of drug-likeness (QED) is 0.938. The van der Waals surface area contributed by atoms with E-state index in [-0.39, 0.29) is 5.91 Å². The van der Waals surface area contributed by atoms with Crippen molar-refractivity contribution >= 4 is 5.91 Å². The maximum absolute atomic E-state index is 12.8. The van der Waals surface area contributed by atoms with Crippen LogP contribution in [-0.2, 0) is 6.54 Å². The normalized spacial score (nSPS) is 24.6. The van der Waals surface area contributed by atoms with Crippen LogP contribution in [0.1, 0.15) is 41.7 Å². The summed E-state index contributed by atoms with van der Waals surface area (Å²) in [6.07, 6.45) is 6.51. The van der Waals surface area contributed by atoms with Crippen LogP contribution in [0.2, 0.25) is 0 Å². The van der Waals surface area contributed by atoms with E-state index in [1.54, 1.807) is 0 Å². The summed E-state index contributed by atoms with van der Waals surface area (Å²) in [5.74, 6) is 0.161. The van der Waals surface area contributed by atoms with Crippen molar-refractivity contribution in [3.63, 3.8) is 0 Å². The van der Waals surface area contributed by atoms with Gasteiger partial charge in [-0.05, 0) is 49.9 Å². The third-order valence-corrected chi connectivity index (χ3v) is 5.48. The fourth-order valence-electron chi connectivity index (χ4n) is 4.36. The average Bonchev–Trinajstić information content (AvgIpc) is 3.36. The molecule has 0 bridgehead atoms. The van der Waals surface area contributed by atoms with Crippen LogP contribution in [0.15, 0.2) is 48.7 Å². The molecule has 4 rings (SSSR count). The molecule has 0 radical (unpaired) electrons. The smallest absolute Gasteiger partial charge is 0.270 e. The molecule has 4 heteroatoms. The first-order chi connectivity index (χ1) is 11.8. The van der Waals surface area contributed by atoms with Crippen LogP contribution in [0.3, 0.4) is 0 Å². The molecule has 1 aromatic heterocycles. The number of benzene rings is 1. The number of amides is 1. The lowest BCUT2D eigenvalue weighted by Crippen LogP contribution is -2.48. The standard InChI is InChI=1S/C20H25N3O/c24-20(17-9-4-12-21-17)23-14-6-11-19(23)18-10-5-13-22(18)15-16-7-2-1-3-8-16/h1-4,7-9,12,18-19,21H,5-6,10-11,13-15H2. The van der Waals surface area contributed by atoms with Crippen LogP contribution in [0.4, 0.5) is 0 Å². The molecule has 2 aliphatic rings. The molecule has 24 heavy (non-hydrogen) atoms. The van der Waals surface area contributed by atoms with E-state index in [9.17, 15) is 4.79 Å². The van der Waals surface area contributed by atoms with Crippen molar-refractivity contribution in [3.8, 4) is 0 Å². The van der Waals surface area contributed by atoms with Gasteiger partial charge in [0, 0.05) is 31.4 Å². The molecule has 0 spiro atoms. The summed E-state index contributed by atoms with van der Waals surface area (Å²) < 4.78 is 0. The minimum absolute atomic E-state index is 0.161. The van der Waals surface area contributed by atoms with Gasteiger partial charge in [0.15, 0.2) is 0 Å². The van der Waals surface area contributed by atoms with Crippen molar-refractivity contribution in [1.29, 1.82) is 0 Å². The topological polar surface area (TPSA) is 39.3 Å². The van der Waals surface area contributed by atoms with Crippen molar-refractivity contribution in [1.82, 2.24) is 14.8 Å². The van der Waals surface area contributed by atoms with E-state index in [0.717, 1.165) is 38.2 Å². The Balaban J connectivity index is 1.49. The van der Waals surface area contributed by atoms with Crippen molar-refractivity contribution in [2.45, 2.75) is 44.3 Å². The van der Waals surface area contributed by atoms with Gasteiger partial charge in [-0.1, -0.05) is 30.3 Å². The van der Waals surface area contributed by atoms with Gasteiger partial charge < -0.3 is 9.88 Å². The van der Waals surface area contributed by atoms with Crippen molar-refractivity contribution in [2.24, 2.45) is 0 Å². The third-order valence-electron chi connectivity index (χ3n) is 5.48. The van der Waals surface area contributed by atoms with Crippen molar-refractivity contribution < 1.29 is 4.79 Å².